The van der Waals surface area contributed by atoms with Gasteiger partial charge in [0.15, 0.2) is 0 Å². The highest BCUT2D eigenvalue weighted by Gasteiger charge is 2.10. The van der Waals surface area contributed by atoms with Gasteiger partial charge in [0, 0.05) is 15.6 Å². The van der Waals surface area contributed by atoms with E-state index in [-0.39, 0.29) is 11.4 Å². The maximum absolute atomic E-state index is 8.09. The molecule has 0 spiro atoms. The lowest BCUT2D eigenvalue weighted by atomic mass is 10.00. The molecule has 2 aromatic carbocycles. The first kappa shape index (κ1) is 13.5. The number of rotatable bonds is 4. The minimum absolute atomic E-state index is 0.195. The quantitative estimate of drug-likeness (QED) is 0.826. The lowest BCUT2D eigenvalue weighted by molar-refractivity contribution is 0.415. The third kappa shape index (κ3) is 3.09. The molecule has 2 rings (SSSR count). The first-order valence-corrected chi connectivity index (χ1v) is 6.49. The molecule has 0 amide bonds. The molecule has 0 aliphatic rings. The summed E-state index contributed by atoms with van der Waals surface area (Å²) in [5.41, 5.74) is 1.81. The van der Waals surface area contributed by atoms with Crippen LogP contribution in [0.4, 0.5) is 0 Å². The van der Waals surface area contributed by atoms with E-state index in [0.717, 1.165) is 15.8 Å². The van der Waals surface area contributed by atoms with Crippen molar-refractivity contribution in [3.8, 4) is 5.75 Å². The maximum atomic E-state index is 8.09. The predicted molar refractivity (Wildman–Crippen MR) is 80.8 cm³/mol. The Kier molecular flexibility index (Phi) is 4.12. The minimum atomic E-state index is 0.195. The first-order chi connectivity index (χ1) is 9.11. The Morgan fingerprint density at radius 1 is 0.947 bits per heavy atom. The Hall–Kier alpha value is -1.94. The van der Waals surface area contributed by atoms with Gasteiger partial charge >= 0.3 is 0 Å². The Morgan fingerprint density at radius 3 is 2.16 bits per heavy atom. The molecule has 0 fully saturated rings. The average Bonchev–Trinajstić information content (AvgIpc) is 2.46. The molecule has 0 radical (unpaired) electrons. The zero-order chi connectivity index (χ0) is 13.8. The topological polar surface area (TPSA) is 56.9 Å². The minimum Gasteiger partial charge on any atom is -0.497 e. The van der Waals surface area contributed by atoms with Crippen LogP contribution in [0.3, 0.4) is 0 Å². The molecular formula is C15H13BrN2O. The molecule has 0 aliphatic carbocycles. The number of ether oxygens (including phenoxy) is 1. The van der Waals surface area contributed by atoms with Gasteiger partial charge in [0.2, 0.25) is 0 Å². The second kappa shape index (κ2) is 5.80. The molecule has 96 valence electrons. The fraction of sp³-hybridized carbons (Fsp3) is 0.0667. The van der Waals surface area contributed by atoms with Crippen molar-refractivity contribution in [2.24, 2.45) is 0 Å². The van der Waals surface area contributed by atoms with Crippen molar-refractivity contribution in [2.45, 2.75) is 0 Å². The van der Waals surface area contributed by atoms with Crippen LogP contribution >= 0.6 is 15.9 Å². The molecule has 0 atom stereocenters. The van der Waals surface area contributed by atoms with Crippen LogP contribution in [0.2, 0.25) is 0 Å². The van der Waals surface area contributed by atoms with Crippen LogP contribution < -0.4 is 4.74 Å². The Labute approximate surface area is 120 Å². The van der Waals surface area contributed by atoms with E-state index >= 15 is 0 Å². The van der Waals surface area contributed by atoms with Gasteiger partial charge in [-0.25, -0.2) is 0 Å². The van der Waals surface area contributed by atoms with Crippen LogP contribution in [0, 0.1) is 10.8 Å². The molecule has 0 bridgehead atoms. The smallest absolute Gasteiger partial charge is 0.118 e. The number of nitrogens with one attached hydrogen (secondary N) is 2. The lowest BCUT2D eigenvalue weighted by Gasteiger charge is -2.08. The van der Waals surface area contributed by atoms with Crippen LogP contribution in [0.25, 0.3) is 0 Å². The molecule has 0 aliphatic heterocycles. The van der Waals surface area contributed by atoms with Crippen LogP contribution in [-0.4, -0.2) is 18.5 Å². The van der Waals surface area contributed by atoms with Gasteiger partial charge in [-0.05, 0) is 36.4 Å². The molecule has 0 saturated carbocycles. The molecule has 2 N–H and O–H groups in total. The highest BCUT2D eigenvalue weighted by atomic mass is 79.9. The van der Waals surface area contributed by atoms with Crippen molar-refractivity contribution < 1.29 is 4.74 Å². The molecule has 0 saturated heterocycles. The normalized spacial score (nSPS) is 10.0. The van der Waals surface area contributed by atoms with Crippen molar-refractivity contribution in [2.75, 3.05) is 7.11 Å². The van der Waals surface area contributed by atoms with Crippen LogP contribution in [0.5, 0.6) is 5.75 Å². The lowest BCUT2D eigenvalue weighted by Crippen LogP contribution is -2.14. The second-order valence-corrected chi connectivity index (χ2v) is 4.90. The van der Waals surface area contributed by atoms with E-state index in [0.29, 0.717) is 5.56 Å². The number of hydrogen-bond donors (Lipinski definition) is 2. The summed E-state index contributed by atoms with van der Waals surface area (Å²) < 4.78 is 5.98. The van der Waals surface area contributed by atoms with Gasteiger partial charge in [-0.3, -0.25) is 10.8 Å². The van der Waals surface area contributed by atoms with Crippen LogP contribution in [-0.2, 0) is 0 Å². The largest absolute Gasteiger partial charge is 0.497 e. The number of methoxy groups -OCH3 is 1. The van der Waals surface area contributed by atoms with E-state index < -0.39 is 0 Å². The zero-order valence-electron chi connectivity index (χ0n) is 10.4. The van der Waals surface area contributed by atoms with Crippen molar-refractivity contribution in [1.29, 1.82) is 10.8 Å². The van der Waals surface area contributed by atoms with Crippen LogP contribution in [0.1, 0.15) is 11.1 Å². The SMILES string of the molecule is COc1ccc(C(=N)C(=N)c2cccc(Br)c2)cc1. The highest BCUT2D eigenvalue weighted by molar-refractivity contribution is 9.10. The van der Waals surface area contributed by atoms with Crippen LogP contribution in [0.15, 0.2) is 53.0 Å². The summed E-state index contributed by atoms with van der Waals surface area (Å²) in [5, 5.41) is 16.2. The fourth-order valence-electron chi connectivity index (χ4n) is 1.69. The Bertz CT molecular complexity index is 620. The molecule has 0 heterocycles. The van der Waals surface area contributed by atoms with E-state index in [1.54, 1.807) is 31.4 Å². The van der Waals surface area contributed by atoms with Gasteiger partial charge in [0.05, 0.1) is 18.5 Å². The summed E-state index contributed by atoms with van der Waals surface area (Å²) in [6, 6.07) is 14.6. The van der Waals surface area contributed by atoms with E-state index in [4.69, 9.17) is 15.6 Å². The predicted octanol–water partition coefficient (Wildman–Crippen LogP) is 3.89. The third-order valence-corrected chi connectivity index (χ3v) is 3.24. The molecule has 4 heteroatoms. The van der Waals surface area contributed by atoms with Gasteiger partial charge in [0.1, 0.15) is 5.75 Å². The molecule has 19 heavy (non-hydrogen) atoms. The Balaban J connectivity index is 2.25. The Morgan fingerprint density at radius 2 is 1.58 bits per heavy atom. The maximum Gasteiger partial charge on any atom is 0.118 e. The number of halogens is 1. The summed E-state index contributed by atoms with van der Waals surface area (Å²) in [4.78, 5) is 0. The van der Waals surface area contributed by atoms with Gasteiger partial charge in [-0.1, -0.05) is 28.1 Å². The van der Waals surface area contributed by atoms with Gasteiger partial charge in [-0.2, -0.15) is 0 Å². The van der Waals surface area contributed by atoms with E-state index in [1.165, 1.54) is 0 Å². The molecular weight excluding hydrogens is 304 g/mol. The molecule has 0 unspecified atom stereocenters. The van der Waals surface area contributed by atoms with Gasteiger partial charge in [0.25, 0.3) is 0 Å². The molecule has 0 aromatic heterocycles. The summed E-state index contributed by atoms with van der Waals surface area (Å²) in [6.45, 7) is 0. The standard InChI is InChI=1S/C15H13BrN2O/c1-19-13-7-5-10(6-8-13)14(17)15(18)11-3-2-4-12(16)9-11/h2-9,17-18H,1H3. The van der Waals surface area contributed by atoms with Gasteiger partial charge in [-0.15, -0.1) is 0 Å². The number of benzene rings is 2. The average molecular weight is 317 g/mol. The van der Waals surface area contributed by atoms with Crippen molar-refractivity contribution in [3.63, 3.8) is 0 Å². The van der Waals surface area contributed by atoms with Crippen molar-refractivity contribution in [3.05, 3.63) is 64.1 Å². The summed E-state index contributed by atoms with van der Waals surface area (Å²) in [5.74, 6) is 0.741. The van der Waals surface area contributed by atoms with E-state index in [9.17, 15) is 0 Å². The fourth-order valence-corrected chi connectivity index (χ4v) is 2.09. The third-order valence-electron chi connectivity index (χ3n) is 2.74. The summed E-state index contributed by atoms with van der Waals surface area (Å²) >= 11 is 3.37. The summed E-state index contributed by atoms with van der Waals surface area (Å²) in [6.07, 6.45) is 0. The zero-order valence-corrected chi connectivity index (χ0v) is 12.0. The van der Waals surface area contributed by atoms with E-state index in [2.05, 4.69) is 15.9 Å². The molecule has 2 aromatic rings. The molecule has 3 nitrogen and oxygen atoms in total. The van der Waals surface area contributed by atoms with E-state index in [1.807, 2.05) is 24.3 Å². The second-order valence-electron chi connectivity index (χ2n) is 3.99. The van der Waals surface area contributed by atoms with Crippen molar-refractivity contribution >= 4 is 27.4 Å². The van der Waals surface area contributed by atoms with Gasteiger partial charge < -0.3 is 4.74 Å². The first-order valence-electron chi connectivity index (χ1n) is 5.69. The van der Waals surface area contributed by atoms with Crippen molar-refractivity contribution in [1.82, 2.24) is 0 Å². The summed E-state index contributed by atoms with van der Waals surface area (Å²) in [7, 11) is 1.60. The number of hydrogen-bond acceptors (Lipinski definition) is 3. The monoisotopic (exact) mass is 316 g/mol. The highest BCUT2D eigenvalue weighted by Crippen LogP contribution is 2.16.